The van der Waals surface area contributed by atoms with Gasteiger partial charge in [-0.1, -0.05) is 32.0 Å². The van der Waals surface area contributed by atoms with Crippen LogP contribution in [0, 0.1) is 25.2 Å². The molecule has 4 aliphatic rings. The Morgan fingerprint density at radius 3 is 2.35 bits per heavy atom. The molecular weight excluding hydrogens is 424 g/mol. The summed E-state index contributed by atoms with van der Waals surface area (Å²) in [6.07, 6.45) is 2.35. The molecule has 0 saturated carbocycles. The van der Waals surface area contributed by atoms with Gasteiger partial charge < -0.3 is 14.7 Å². The van der Waals surface area contributed by atoms with Gasteiger partial charge >= 0.3 is 6.09 Å². The van der Waals surface area contributed by atoms with Crippen LogP contribution in [0.3, 0.4) is 0 Å². The molecule has 3 heterocycles. The van der Waals surface area contributed by atoms with Crippen molar-refractivity contribution >= 4 is 6.09 Å². The number of aryl methyl sites for hydroxylation is 2. The lowest BCUT2D eigenvalue weighted by atomic mass is 9.79. The van der Waals surface area contributed by atoms with Crippen LogP contribution >= 0.6 is 0 Å². The maximum Gasteiger partial charge on any atom is 0.408 e. The number of hydrogen-bond donors (Lipinski definition) is 1. The third-order valence-corrected chi connectivity index (χ3v) is 8.38. The van der Waals surface area contributed by atoms with Crippen molar-refractivity contribution in [2.45, 2.75) is 66.0 Å². The lowest BCUT2D eigenvalue weighted by Crippen LogP contribution is -2.60. The fourth-order valence-electron chi connectivity index (χ4n) is 6.92. The summed E-state index contributed by atoms with van der Waals surface area (Å²) < 4.78 is 5.84. The van der Waals surface area contributed by atoms with Gasteiger partial charge in [0.1, 0.15) is 5.75 Å². The summed E-state index contributed by atoms with van der Waals surface area (Å²) >= 11 is 0. The minimum atomic E-state index is -0.772. The number of piperidine rings is 3. The van der Waals surface area contributed by atoms with Crippen LogP contribution in [0.4, 0.5) is 4.79 Å². The largest absolute Gasteiger partial charge is 0.493 e. The molecule has 2 aromatic rings. The molecular formula is C29H38N2O3. The Kier molecular flexibility index (Phi) is 5.87. The first-order chi connectivity index (χ1) is 16.2. The van der Waals surface area contributed by atoms with Crippen LogP contribution in [0.15, 0.2) is 30.3 Å². The van der Waals surface area contributed by atoms with Gasteiger partial charge in [0, 0.05) is 6.54 Å². The maximum atomic E-state index is 12.7. The standard InChI is InChI=1S/C29H38N2O3/c1-6-34-26-18(2)13-22(14-19(26)3)21-7-8-24-23(15-21)16-29(4,5)27(24)31(28(32)33)25-17-30-11-9-20(25)10-12-30/h7-8,13-15,20,25,27H,6,9-12,16-17H2,1-5H3,(H,32,33)/t25-,27+/m1/s1. The third-order valence-electron chi connectivity index (χ3n) is 8.38. The molecule has 2 aromatic carbocycles. The minimum Gasteiger partial charge on any atom is -0.493 e. The van der Waals surface area contributed by atoms with Crippen molar-refractivity contribution in [2.75, 3.05) is 26.2 Å². The molecule has 2 bridgehead atoms. The van der Waals surface area contributed by atoms with Gasteiger partial charge in [-0.25, -0.2) is 4.79 Å². The lowest BCUT2D eigenvalue weighted by molar-refractivity contribution is -0.0267. The zero-order valence-corrected chi connectivity index (χ0v) is 21.2. The van der Waals surface area contributed by atoms with Crippen LogP contribution in [0.5, 0.6) is 5.75 Å². The second kappa shape index (κ2) is 8.60. The van der Waals surface area contributed by atoms with Gasteiger partial charge in [0.2, 0.25) is 0 Å². The van der Waals surface area contributed by atoms with E-state index in [0.717, 1.165) is 55.8 Å². The highest BCUT2D eigenvalue weighted by Gasteiger charge is 2.50. The minimum absolute atomic E-state index is 0.0892. The van der Waals surface area contributed by atoms with Crippen LogP contribution in [-0.2, 0) is 6.42 Å². The average molecular weight is 463 g/mol. The number of ether oxygens (including phenoxy) is 1. The van der Waals surface area contributed by atoms with Crippen LogP contribution in [-0.4, -0.2) is 53.3 Å². The van der Waals surface area contributed by atoms with Gasteiger partial charge in [0.05, 0.1) is 18.7 Å². The van der Waals surface area contributed by atoms with E-state index in [4.69, 9.17) is 4.74 Å². The van der Waals surface area contributed by atoms with Gasteiger partial charge in [0.25, 0.3) is 0 Å². The van der Waals surface area contributed by atoms with Gasteiger partial charge in [-0.05, 0) is 110 Å². The lowest BCUT2D eigenvalue weighted by Gasteiger charge is -2.51. The summed E-state index contributed by atoms with van der Waals surface area (Å²) in [4.78, 5) is 17.0. The highest BCUT2D eigenvalue weighted by Crippen LogP contribution is 2.51. The molecule has 1 N–H and O–H groups in total. The smallest absolute Gasteiger partial charge is 0.408 e. The molecule has 0 radical (unpaired) electrons. The molecule has 0 unspecified atom stereocenters. The van der Waals surface area contributed by atoms with Crippen LogP contribution in [0.2, 0.25) is 0 Å². The second-order valence-corrected chi connectivity index (χ2v) is 11.2. The number of nitrogens with zero attached hydrogens (tertiary/aromatic N) is 2. The molecule has 0 aromatic heterocycles. The van der Waals surface area contributed by atoms with E-state index in [9.17, 15) is 9.90 Å². The highest BCUT2D eigenvalue weighted by molar-refractivity contribution is 5.71. The first-order valence-electron chi connectivity index (χ1n) is 12.8. The molecule has 1 aliphatic carbocycles. The SMILES string of the molecule is CCOc1c(C)cc(-c2ccc3c(c2)CC(C)(C)[C@H]3N(C(=O)O)[C@@H]2CN3CCC2CC3)cc1C. The maximum absolute atomic E-state index is 12.7. The van der Waals surface area contributed by atoms with Crippen molar-refractivity contribution < 1.29 is 14.6 Å². The predicted octanol–water partition coefficient (Wildman–Crippen LogP) is 6.07. The fraction of sp³-hybridized carbons (Fsp3) is 0.552. The van der Waals surface area contributed by atoms with E-state index in [2.05, 4.69) is 62.9 Å². The monoisotopic (exact) mass is 462 g/mol. The Labute approximate surface area is 203 Å². The zero-order valence-electron chi connectivity index (χ0n) is 21.2. The molecule has 182 valence electrons. The third kappa shape index (κ3) is 3.88. The Morgan fingerprint density at radius 1 is 1.12 bits per heavy atom. The zero-order chi connectivity index (χ0) is 24.2. The molecule has 5 heteroatoms. The van der Waals surface area contributed by atoms with Crippen molar-refractivity contribution in [2.24, 2.45) is 11.3 Å². The predicted molar refractivity (Wildman–Crippen MR) is 136 cm³/mol. The summed E-state index contributed by atoms with van der Waals surface area (Å²) in [5.74, 6) is 1.46. The van der Waals surface area contributed by atoms with Crippen LogP contribution in [0.25, 0.3) is 11.1 Å². The molecule has 3 saturated heterocycles. The van der Waals surface area contributed by atoms with Gasteiger partial charge in [-0.3, -0.25) is 4.90 Å². The Morgan fingerprint density at radius 2 is 1.79 bits per heavy atom. The van der Waals surface area contributed by atoms with E-state index < -0.39 is 6.09 Å². The summed E-state index contributed by atoms with van der Waals surface area (Å²) in [7, 11) is 0. The molecule has 0 spiro atoms. The summed E-state index contributed by atoms with van der Waals surface area (Å²) in [6, 6.07) is 11.1. The van der Waals surface area contributed by atoms with Crippen molar-refractivity contribution in [1.82, 2.24) is 9.80 Å². The van der Waals surface area contributed by atoms with E-state index >= 15 is 0 Å². The molecule has 5 nitrogen and oxygen atoms in total. The van der Waals surface area contributed by atoms with E-state index in [1.54, 1.807) is 0 Å². The van der Waals surface area contributed by atoms with E-state index in [1.165, 1.54) is 22.3 Å². The van der Waals surface area contributed by atoms with Crippen molar-refractivity contribution in [1.29, 1.82) is 0 Å². The van der Waals surface area contributed by atoms with E-state index in [-0.39, 0.29) is 17.5 Å². The second-order valence-electron chi connectivity index (χ2n) is 11.2. The topological polar surface area (TPSA) is 53.0 Å². The molecule has 3 aliphatic heterocycles. The number of rotatable bonds is 5. The quantitative estimate of drug-likeness (QED) is 0.586. The summed E-state index contributed by atoms with van der Waals surface area (Å²) in [6.45, 7) is 14.5. The first-order valence-corrected chi connectivity index (χ1v) is 12.8. The molecule has 3 fully saturated rings. The van der Waals surface area contributed by atoms with Gasteiger partial charge in [0.15, 0.2) is 0 Å². The van der Waals surface area contributed by atoms with Crippen LogP contribution in [0.1, 0.15) is 61.9 Å². The normalized spacial score (nSPS) is 26.9. The van der Waals surface area contributed by atoms with Crippen LogP contribution < -0.4 is 4.74 Å². The van der Waals surface area contributed by atoms with E-state index in [1.807, 2.05) is 11.8 Å². The summed E-state index contributed by atoms with van der Waals surface area (Å²) in [5, 5.41) is 10.4. The molecule has 6 rings (SSSR count). The Balaban J connectivity index is 1.51. The average Bonchev–Trinajstić information content (AvgIpc) is 3.06. The number of fused-ring (bicyclic) bond motifs is 4. The number of benzene rings is 2. The van der Waals surface area contributed by atoms with E-state index in [0.29, 0.717) is 12.5 Å². The fourth-order valence-corrected chi connectivity index (χ4v) is 6.92. The highest BCUT2D eigenvalue weighted by atomic mass is 16.5. The van der Waals surface area contributed by atoms with Crippen molar-refractivity contribution in [3.05, 3.63) is 52.6 Å². The number of carboxylic acid groups (broad SMARTS) is 1. The number of carbonyl (C=O) groups is 1. The van der Waals surface area contributed by atoms with Crippen molar-refractivity contribution in [3.8, 4) is 16.9 Å². The number of hydrogen-bond acceptors (Lipinski definition) is 3. The Hall–Kier alpha value is -2.53. The van der Waals surface area contributed by atoms with Gasteiger partial charge in [-0.2, -0.15) is 0 Å². The molecule has 1 amide bonds. The summed E-state index contributed by atoms with van der Waals surface area (Å²) in [5.41, 5.74) is 7.00. The van der Waals surface area contributed by atoms with Gasteiger partial charge in [-0.15, -0.1) is 0 Å². The molecule has 2 atom stereocenters. The Bertz CT molecular complexity index is 1080. The molecule has 34 heavy (non-hydrogen) atoms. The first kappa shape index (κ1) is 23.2. The van der Waals surface area contributed by atoms with Crippen molar-refractivity contribution in [3.63, 3.8) is 0 Å². The number of amides is 1.